The highest BCUT2D eigenvalue weighted by Crippen LogP contribution is 2.21. The average Bonchev–Trinajstić information content (AvgIpc) is 3.11. The zero-order valence-electron chi connectivity index (χ0n) is 15.9. The van der Waals surface area contributed by atoms with E-state index in [0.29, 0.717) is 12.1 Å². The third-order valence-corrected chi connectivity index (χ3v) is 4.95. The fourth-order valence-electron chi connectivity index (χ4n) is 3.18. The van der Waals surface area contributed by atoms with E-state index in [1.807, 2.05) is 66.7 Å². The summed E-state index contributed by atoms with van der Waals surface area (Å²) in [5, 5.41) is 0.722. The van der Waals surface area contributed by atoms with Gasteiger partial charge in [0.1, 0.15) is 5.82 Å². The van der Waals surface area contributed by atoms with E-state index in [1.165, 1.54) is 7.11 Å². The van der Waals surface area contributed by atoms with E-state index in [1.54, 1.807) is 12.1 Å². The number of carbonyl (C=O) groups is 1. The van der Waals surface area contributed by atoms with Gasteiger partial charge in [-0.2, -0.15) is 0 Å². The maximum absolute atomic E-state index is 11.6. The zero-order valence-corrected chi connectivity index (χ0v) is 16.6. The minimum Gasteiger partial charge on any atom is -0.465 e. The van der Waals surface area contributed by atoms with Crippen molar-refractivity contribution in [3.63, 3.8) is 0 Å². The first-order valence-electron chi connectivity index (χ1n) is 9.20. The van der Waals surface area contributed by atoms with Crippen LogP contribution in [0.25, 0.3) is 23.2 Å². The van der Waals surface area contributed by atoms with Gasteiger partial charge in [-0.15, -0.1) is 0 Å². The summed E-state index contributed by atoms with van der Waals surface area (Å²) in [7, 11) is 1.38. The predicted molar refractivity (Wildman–Crippen MR) is 117 cm³/mol. The molecule has 144 valence electrons. The zero-order chi connectivity index (χ0) is 20.2. The molecule has 5 heteroatoms. The third-order valence-electron chi connectivity index (χ3n) is 4.69. The van der Waals surface area contributed by atoms with Crippen LogP contribution in [0.15, 0.2) is 72.8 Å². The fourth-order valence-corrected chi connectivity index (χ4v) is 3.30. The van der Waals surface area contributed by atoms with Crippen LogP contribution < -0.4 is 0 Å². The molecule has 1 aromatic heterocycles. The number of aromatic nitrogens is 2. The second-order valence-corrected chi connectivity index (χ2v) is 7.05. The molecule has 0 aliphatic carbocycles. The maximum Gasteiger partial charge on any atom is 0.337 e. The van der Waals surface area contributed by atoms with Crippen LogP contribution in [-0.4, -0.2) is 22.6 Å². The Balaban J connectivity index is 1.66. The number of hydrogen-bond donors (Lipinski definition) is 0. The number of imidazole rings is 1. The van der Waals surface area contributed by atoms with Crippen LogP contribution in [0, 0.1) is 0 Å². The van der Waals surface area contributed by atoms with E-state index in [2.05, 4.69) is 10.6 Å². The number of rotatable bonds is 5. The van der Waals surface area contributed by atoms with Crippen molar-refractivity contribution in [3.8, 4) is 0 Å². The number of para-hydroxylation sites is 2. The summed E-state index contributed by atoms with van der Waals surface area (Å²) in [4.78, 5) is 16.4. The molecule has 0 saturated heterocycles. The quantitative estimate of drug-likeness (QED) is 0.402. The number of esters is 1. The van der Waals surface area contributed by atoms with Gasteiger partial charge in [-0.05, 0) is 53.6 Å². The van der Waals surface area contributed by atoms with E-state index in [4.69, 9.17) is 21.3 Å². The van der Waals surface area contributed by atoms with Crippen molar-refractivity contribution in [1.82, 2.24) is 9.55 Å². The highest BCUT2D eigenvalue weighted by molar-refractivity contribution is 6.30. The Kier molecular flexibility index (Phi) is 5.45. The molecule has 0 aliphatic heterocycles. The van der Waals surface area contributed by atoms with E-state index in [9.17, 15) is 4.79 Å². The van der Waals surface area contributed by atoms with Crippen LogP contribution in [-0.2, 0) is 11.3 Å². The molecule has 4 aromatic rings. The minimum absolute atomic E-state index is 0.342. The number of hydrogen-bond acceptors (Lipinski definition) is 3. The topological polar surface area (TPSA) is 44.1 Å². The molecule has 4 rings (SSSR count). The van der Waals surface area contributed by atoms with Gasteiger partial charge < -0.3 is 9.30 Å². The van der Waals surface area contributed by atoms with Crippen molar-refractivity contribution in [2.45, 2.75) is 6.54 Å². The van der Waals surface area contributed by atoms with E-state index >= 15 is 0 Å². The van der Waals surface area contributed by atoms with Gasteiger partial charge in [0.25, 0.3) is 0 Å². The Morgan fingerprint density at radius 3 is 2.45 bits per heavy atom. The monoisotopic (exact) mass is 402 g/mol. The maximum atomic E-state index is 11.6. The number of methoxy groups -OCH3 is 1. The molecule has 0 radical (unpaired) electrons. The van der Waals surface area contributed by atoms with Gasteiger partial charge in [-0.1, -0.05) is 54.1 Å². The van der Waals surface area contributed by atoms with Crippen molar-refractivity contribution in [2.75, 3.05) is 7.11 Å². The Morgan fingerprint density at radius 1 is 1.00 bits per heavy atom. The average molecular weight is 403 g/mol. The lowest BCUT2D eigenvalue weighted by Gasteiger charge is -2.08. The fraction of sp³-hybridized carbons (Fsp3) is 0.0833. The first kappa shape index (κ1) is 19.0. The Morgan fingerprint density at radius 2 is 1.72 bits per heavy atom. The molecule has 0 amide bonds. The minimum atomic E-state index is -0.342. The van der Waals surface area contributed by atoms with Gasteiger partial charge in [-0.3, -0.25) is 0 Å². The highest BCUT2D eigenvalue weighted by Gasteiger charge is 2.09. The summed E-state index contributed by atoms with van der Waals surface area (Å²) in [5.74, 6) is 0.517. The van der Waals surface area contributed by atoms with E-state index < -0.39 is 0 Å². The molecule has 1 heterocycles. The number of ether oxygens (including phenoxy) is 1. The normalized spacial score (nSPS) is 11.2. The summed E-state index contributed by atoms with van der Waals surface area (Å²) >= 11 is 6.02. The van der Waals surface area contributed by atoms with Gasteiger partial charge in [0.2, 0.25) is 0 Å². The summed E-state index contributed by atoms with van der Waals surface area (Å²) < 4.78 is 6.92. The van der Waals surface area contributed by atoms with E-state index in [-0.39, 0.29) is 5.97 Å². The Hall–Kier alpha value is -3.37. The molecule has 0 aliphatic rings. The first-order valence-corrected chi connectivity index (χ1v) is 9.58. The third kappa shape index (κ3) is 4.23. The van der Waals surface area contributed by atoms with Crippen LogP contribution >= 0.6 is 11.6 Å². The molecule has 0 atom stereocenters. The standard InChI is InChI=1S/C24H19ClN2O2/c1-29-24(28)19-11-6-17(7-12-19)10-15-23-26-21-4-2-3-5-22(21)27(23)16-18-8-13-20(25)14-9-18/h2-15H,16H2,1H3/b15-10+. The lowest BCUT2D eigenvalue weighted by atomic mass is 10.1. The number of fused-ring (bicyclic) bond motifs is 1. The van der Waals surface area contributed by atoms with Crippen molar-refractivity contribution >= 4 is 40.8 Å². The van der Waals surface area contributed by atoms with Crippen LogP contribution in [0.1, 0.15) is 27.3 Å². The molecule has 0 saturated carbocycles. The molecular formula is C24H19ClN2O2. The van der Waals surface area contributed by atoms with Gasteiger partial charge in [0.15, 0.2) is 0 Å². The molecule has 3 aromatic carbocycles. The lowest BCUT2D eigenvalue weighted by Crippen LogP contribution is -2.02. The molecule has 0 fully saturated rings. The van der Waals surface area contributed by atoms with Crippen molar-refractivity contribution in [3.05, 3.63) is 100 Å². The molecule has 29 heavy (non-hydrogen) atoms. The summed E-state index contributed by atoms with van der Waals surface area (Å²) in [6, 6.07) is 23.2. The summed E-state index contributed by atoms with van der Waals surface area (Å²) in [5.41, 5.74) is 4.67. The second-order valence-electron chi connectivity index (χ2n) is 6.62. The first-order chi connectivity index (χ1) is 14.1. The molecule has 0 unspecified atom stereocenters. The highest BCUT2D eigenvalue weighted by atomic mass is 35.5. The van der Waals surface area contributed by atoms with Crippen molar-refractivity contribution in [2.24, 2.45) is 0 Å². The van der Waals surface area contributed by atoms with Crippen molar-refractivity contribution in [1.29, 1.82) is 0 Å². The summed E-state index contributed by atoms with van der Waals surface area (Å²) in [6.07, 6.45) is 3.98. The number of nitrogens with zero attached hydrogens (tertiary/aromatic N) is 2. The SMILES string of the molecule is COC(=O)c1ccc(/C=C/c2nc3ccccc3n2Cc2ccc(Cl)cc2)cc1. The van der Waals surface area contributed by atoms with Crippen LogP contribution in [0.4, 0.5) is 0 Å². The predicted octanol–water partition coefficient (Wildman–Crippen LogP) is 5.70. The van der Waals surface area contributed by atoms with E-state index in [0.717, 1.165) is 33.0 Å². The van der Waals surface area contributed by atoms with Gasteiger partial charge in [-0.25, -0.2) is 9.78 Å². The molecule has 0 bridgehead atoms. The molecule has 4 nitrogen and oxygen atoms in total. The largest absolute Gasteiger partial charge is 0.465 e. The van der Waals surface area contributed by atoms with Crippen LogP contribution in [0.2, 0.25) is 5.02 Å². The smallest absolute Gasteiger partial charge is 0.337 e. The summed E-state index contributed by atoms with van der Waals surface area (Å²) in [6.45, 7) is 0.693. The molecule has 0 N–H and O–H groups in total. The molecular weight excluding hydrogens is 384 g/mol. The van der Waals surface area contributed by atoms with Gasteiger partial charge in [0.05, 0.1) is 23.7 Å². The lowest BCUT2D eigenvalue weighted by molar-refractivity contribution is 0.0600. The van der Waals surface area contributed by atoms with Gasteiger partial charge in [0, 0.05) is 11.6 Å². The number of halogens is 1. The van der Waals surface area contributed by atoms with Crippen LogP contribution in [0.3, 0.4) is 0 Å². The molecule has 0 spiro atoms. The number of benzene rings is 3. The van der Waals surface area contributed by atoms with Crippen LogP contribution in [0.5, 0.6) is 0 Å². The number of carbonyl (C=O) groups excluding carboxylic acids is 1. The van der Waals surface area contributed by atoms with Gasteiger partial charge >= 0.3 is 5.97 Å². The Bertz CT molecular complexity index is 1180. The van der Waals surface area contributed by atoms with Crippen molar-refractivity contribution < 1.29 is 9.53 Å². The second kappa shape index (κ2) is 8.33. The Labute approximate surface area is 174 Å².